The number of fused-ring (bicyclic) bond motifs is 2. The zero-order chi connectivity index (χ0) is 10.7. The maximum Gasteiger partial charge on any atom is 0.0603 e. The van der Waals surface area contributed by atoms with E-state index in [1.807, 2.05) is 6.92 Å². The van der Waals surface area contributed by atoms with Crippen molar-refractivity contribution in [2.45, 2.75) is 57.7 Å². The number of hydrogen-bond acceptors (Lipinski definition) is 2. The Morgan fingerprint density at radius 2 is 1.93 bits per heavy atom. The van der Waals surface area contributed by atoms with Crippen LogP contribution in [-0.4, -0.2) is 36.1 Å². The summed E-state index contributed by atoms with van der Waals surface area (Å²) < 4.78 is 0. The first-order valence-corrected chi connectivity index (χ1v) is 6.23. The van der Waals surface area contributed by atoms with Crippen LogP contribution in [0.3, 0.4) is 0 Å². The fraction of sp³-hybridized carbons (Fsp3) is 0.846. The molecule has 2 fully saturated rings. The second-order valence-corrected chi connectivity index (χ2v) is 4.75. The average molecular weight is 206 g/mol. The van der Waals surface area contributed by atoms with Crippen molar-refractivity contribution in [3.8, 4) is 11.8 Å². The summed E-state index contributed by atoms with van der Waals surface area (Å²) in [5.74, 6) is 6.20. The van der Waals surface area contributed by atoms with Crippen LogP contribution >= 0.6 is 0 Å². The van der Waals surface area contributed by atoms with Crippen LogP contribution in [-0.2, 0) is 0 Å². The Bertz CT molecular complexity index is 251. The molecule has 0 amide bonds. The van der Waals surface area contributed by atoms with E-state index >= 15 is 0 Å². The van der Waals surface area contributed by atoms with Gasteiger partial charge >= 0.3 is 0 Å². The molecule has 0 saturated carbocycles. The highest BCUT2D eigenvalue weighted by Crippen LogP contribution is 2.29. The molecule has 0 radical (unpaired) electrons. The molecule has 2 saturated heterocycles. The van der Waals surface area contributed by atoms with Crippen LogP contribution in [0.1, 0.15) is 39.5 Å². The molecule has 0 aliphatic carbocycles. The first kappa shape index (κ1) is 11.0. The number of nitrogens with zero attached hydrogens (tertiary/aromatic N) is 1. The SMILES string of the molecule is CC#CCN(CC)C1CC2CCC(C1)N2. The van der Waals surface area contributed by atoms with Crippen molar-refractivity contribution in [3.63, 3.8) is 0 Å². The monoisotopic (exact) mass is 206 g/mol. The number of rotatable bonds is 3. The van der Waals surface area contributed by atoms with Crippen LogP contribution in [0.25, 0.3) is 0 Å². The zero-order valence-corrected chi connectivity index (χ0v) is 9.92. The average Bonchev–Trinajstić information content (AvgIpc) is 2.59. The molecule has 2 atom stereocenters. The van der Waals surface area contributed by atoms with Crippen molar-refractivity contribution in [2.24, 2.45) is 0 Å². The summed E-state index contributed by atoms with van der Waals surface area (Å²) in [6.45, 7) is 6.27. The number of hydrogen-bond donors (Lipinski definition) is 1. The van der Waals surface area contributed by atoms with E-state index in [0.29, 0.717) is 0 Å². The molecule has 15 heavy (non-hydrogen) atoms. The highest BCUT2D eigenvalue weighted by molar-refractivity contribution is 5.01. The molecular formula is C13H22N2. The van der Waals surface area contributed by atoms with Gasteiger partial charge in [0.05, 0.1) is 6.54 Å². The minimum atomic E-state index is 0.773. The molecule has 2 rings (SSSR count). The molecule has 2 bridgehead atoms. The maximum absolute atomic E-state index is 3.69. The van der Waals surface area contributed by atoms with E-state index in [1.165, 1.54) is 25.7 Å². The highest BCUT2D eigenvalue weighted by atomic mass is 15.2. The molecule has 0 aromatic rings. The van der Waals surface area contributed by atoms with E-state index in [0.717, 1.165) is 31.2 Å². The molecular weight excluding hydrogens is 184 g/mol. The third-order valence-electron chi connectivity index (χ3n) is 3.83. The van der Waals surface area contributed by atoms with Crippen molar-refractivity contribution < 1.29 is 0 Å². The summed E-state index contributed by atoms with van der Waals surface area (Å²) >= 11 is 0. The van der Waals surface area contributed by atoms with Crippen LogP contribution in [0.4, 0.5) is 0 Å². The molecule has 2 unspecified atom stereocenters. The van der Waals surface area contributed by atoms with Crippen molar-refractivity contribution in [2.75, 3.05) is 13.1 Å². The smallest absolute Gasteiger partial charge is 0.0603 e. The van der Waals surface area contributed by atoms with Crippen LogP contribution in [0.5, 0.6) is 0 Å². The molecule has 2 aliphatic heterocycles. The molecule has 2 heteroatoms. The zero-order valence-electron chi connectivity index (χ0n) is 9.92. The lowest BCUT2D eigenvalue weighted by Crippen LogP contribution is -2.48. The van der Waals surface area contributed by atoms with Crippen molar-refractivity contribution >= 4 is 0 Å². The lowest BCUT2D eigenvalue weighted by molar-refractivity contribution is 0.165. The second kappa shape index (κ2) is 5.01. The first-order valence-electron chi connectivity index (χ1n) is 6.23. The van der Waals surface area contributed by atoms with Crippen molar-refractivity contribution in [1.29, 1.82) is 0 Å². The predicted octanol–water partition coefficient (Wildman–Crippen LogP) is 1.61. The predicted molar refractivity (Wildman–Crippen MR) is 63.7 cm³/mol. The van der Waals surface area contributed by atoms with Gasteiger partial charge in [-0.05, 0) is 39.2 Å². The van der Waals surface area contributed by atoms with Gasteiger partial charge in [-0.15, -0.1) is 5.92 Å². The Morgan fingerprint density at radius 1 is 1.27 bits per heavy atom. The van der Waals surface area contributed by atoms with Gasteiger partial charge in [-0.3, -0.25) is 4.90 Å². The summed E-state index contributed by atoms with van der Waals surface area (Å²) in [6, 6.07) is 2.35. The van der Waals surface area contributed by atoms with E-state index in [-0.39, 0.29) is 0 Å². The summed E-state index contributed by atoms with van der Waals surface area (Å²) in [7, 11) is 0. The summed E-state index contributed by atoms with van der Waals surface area (Å²) in [5.41, 5.74) is 0. The Labute approximate surface area is 93.4 Å². The van der Waals surface area contributed by atoms with Crippen molar-refractivity contribution in [3.05, 3.63) is 0 Å². The van der Waals surface area contributed by atoms with E-state index in [2.05, 4.69) is 29.0 Å². The fourth-order valence-electron chi connectivity index (χ4n) is 3.01. The van der Waals surface area contributed by atoms with Gasteiger partial charge in [0.2, 0.25) is 0 Å². The summed E-state index contributed by atoms with van der Waals surface area (Å²) in [6.07, 6.45) is 5.43. The normalized spacial score (nSPS) is 33.9. The molecule has 0 spiro atoms. The van der Waals surface area contributed by atoms with Gasteiger partial charge in [0.25, 0.3) is 0 Å². The highest BCUT2D eigenvalue weighted by Gasteiger charge is 2.35. The third-order valence-corrected chi connectivity index (χ3v) is 3.83. The first-order chi connectivity index (χ1) is 7.33. The van der Waals surface area contributed by atoms with Crippen LogP contribution in [0.2, 0.25) is 0 Å². The lowest BCUT2D eigenvalue weighted by atomic mass is 9.98. The van der Waals surface area contributed by atoms with E-state index in [4.69, 9.17) is 0 Å². The maximum atomic E-state index is 3.69. The third kappa shape index (κ3) is 2.53. The quantitative estimate of drug-likeness (QED) is 0.706. The van der Waals surface area contributed by atoms with Crippen LogP contribution in [0, 0.1) is 11.8 Å². The summed E-state index contributed by atoms with van der Waals surface area (Å²) in [4.78, 5) is 2.54. The van der Waals surface area contributed by atoms with Gasteiger partial charge in [0.15, 0.2) is 0 Å². The van der Waals surface area contributed by atoms with E-state index in [1.54, 1.807) is 0 Å². The molecule has 1 N–H and O–H groups in total. The molecule has 0 aromatic heterocycles. The largest absolute Gasteiger partial charge is 0.311 e. The summed E-state index contributed by atoms with van der Waals surface area (Å²) in [5, 5.41) is 3.69. The van der Waals surface area contributed by atoms with Gasteiger partial charge in [-0.1, -0.05) is 12.8 Å². The van der Waals surface area contributed by atoms with E-state index in [9.17, 15) is 0 Å². The van der Waals surface area contributed by atoms with Gasteiger partial charge < -0.3 is 5.32 Å². The number of piperidine rings is 1. The lowest BCUT2D eigenvalue weighted by Gasteiger charge is -2.36. The van der Waals surface area contributed by atoms with E-state index < -0.39 is 0 Å². The Kier molecular flexibility index (Phi) is 3.66. The molecule has 84 valence electrons. The molecule has 2 aliphatic rings. The van der Waals surface area contributed by atoms with Gasteiger partial charge in [0, 0.05) is 18.1 Å². The van der Waals surface area contributed by atoms with Crippen LogP contribution in [0.15, 0.2) is 0 Å². The van der Waals surface area contributed by atoms with Crippen molar-refractivity contribution in [1.82, 2.24) is 10.2 Å². The minimum absolute atomic E-state index is 0.773. The van der Waals surface area contributed by atoms with Gasteiger partial charge in [-0.25, -0.2) is 0 Å². The van der Waals surface area contributed by atoms with Gasteiger partial charge in [0.1, 0.15) is 0 Å². The standard InChI is InChI=1S/C13H22N2/c1-3-5-8-15(4-2)13-9-11-6-7-12(10-13)14-11/h11-14H,4,6-10H2,1-2H3. The topological polar surface area (TPSA) is 15.3 Å². The van der Waals surface area contributed by atoms with Crippen LogP contribution < -0.4 is 5.32 Å². The fourth-order valence-corrected chi connectivity index (χ4v) is 3.01. The number of nitrogens with one attached hydrogen (secondary N) is 1. The Hall–Kier alpha value is -0.520. The Morgan fingerprint density at radius 3 is 2.47 bits per heavy atom. The molecule has 2 nitrogen and oxygen atoms in total. The van der Waals surface area contributed by atoms with Gasteiger partial charge in [-0.2, -0.15) is 0 Å². The Balaban J connectivity index is 1.92. The second-order valence-electron chi connectivity index (χ2n) is 4.75. The minimum Gasteiger partial charge on any atom is -0.311 e. The molecule has 0 aromatic carbocycles. The molecule has 2 heterocycles.